The molecule has 6 rings (SSSR count). The molecule has 4 atom stereocenters. The van der Waals surface area contributed by atoms with Crippen molar-refractivity contribution in [3.63, 3.8) is 0 Å². The molecule has 3 unspecified atom stereocenters. The summed E-state index contributed by atoms with van der Waals surface area (Å²) in [5, 5.41) is 2.45. The van der Waals surface area contributed by atoms with Crippen molar-refractivity contribution in [3.05, 3.63) is 113 Å². The largest absolute Gasteiger partial charge is 0.441 e. The molecule has 44 heavy (non-hydrogen) atoms. The molecular weight excluding hydrogens is 613 g/mol. The number of halogens is 2. The van der Waals surface area contributed by atoms with E-state index in [0.29, 0.717) is 33.3 Å². The summed E-state index contributed by atoms with van der Waals surface area (Å²) >= 11 is 13.4. The zero-order chi connectivity index (χ0) is 31.4. The number of nitrogens with zero attached hydrogens (tertiary/aromatic N) is 1. The van der Waals surface area contributed by atoms with E-state index in [1.54, 1.807) is 12.1 Å². The van der Waals surface area contributed by atoms with Crippen molar-refractivity contribution in [2.24, 2.45) is 11.3 Å². The summed E-state index contributed by atoms with van der Waals surface area (Å²) in [7, 11) is -4.38. The molecule has 0 radical (unpaired) electrons. The van der Waals surface area contributed by atoms with Crippen LogP contribution in [0.25, 0.3) is 21.9 Å². The molecule has 228 valence electrons. The Morgan fingerprint density at radius 3 is 2.48 bits per heavy atom. The zero-order valence-electron chi connectivity index (χ0n) is 25.0. The summed E-state index contributed by atoms with van der Waals surface area (Å²) in [5.41, 5.74) is 3.75. The van der Waals surface area contributed by atoms with Gasteiger partial charge in [0.1, 0.15) is 4.90 Å². The summed E-state index contributed by atoms with van der Waals surface area (Å²) in [6.45, 7) is 11.5. The molecule has 8 heteroatoms. The second-order valence-corrected chi connectivity index (χ2v) is 14.8. The number of benzene rings is 4. The highest BCUT2D eigenvalue weighted by Gasteiger charge is 2.57. The van der Waals surface area contributed by atoms with E-state index in [1.807, 2.05) is 48.5 Å². The van der Waals surface area contributed by atoms with E-state index in [-0.39, 0.29) is 28.3 Å². The van der Waals surface area contributed by atoms with Crippen LogP contribution in [0.2, 0.25) is 10.0 Å². The standard InChI is InChI=1S/C36H35Cl2NO4S/c1-5-18-36(4)20-29(34(23-12-15-26(37)16-13-23)39-31(22(2)3)21-43-35(36)39)28-9-7-10-30(38)33(28)25-14-17-27-24(19-25)8-6-11-32(27)44(40,41)42/h5-17,19,22,29,31,34H,1,18,20-21H2,2-4H3/p+1/t29?,31?,34?,36-/m0/s1. The highest BCUT2D eigenvalue weighted by Crippen LogP contribution is 2.53. The molecule has 0 aromatic heterocycles. The van der Waals surface area contributed by atoms with E-state index in [4.69, 9.17) is 27.9 Å². The maximum absolute atomic E-state index is 12.1. The topological polar surface area (TPSA) is 66.6 Å². The molecule has 2 aliphatic heterocycles. The Bertz CT molecular complexity index is 1900. The minimum Gasteiger partial charge on any atom is -0.441 e. The molecule has 4 aromatic carbocycles. The Morgan fingerprint density at radius 2 is 1.80 bits per heavy atom. The molecule has 5 nitrogen and oxygen atoms in total. The third kappa shape index (κ3) is 5.36. The predicted molar refractivity (Wildman–Crippen MR) is 179 cm³/mol. The second kappa shape index (κ2) is 11.6. The lowest BCUT2D eigenvalue weighted by molar-refractivity contribution is -0.616. The summed E-state index contributed by atoms with van der Waals surface area (Å²) in [6, 6.07) is 24.8. The van der Waals surface area contributed by atoms with Crippen LogP contribution < -0.4 is 0 Å². The molecule has 0 aliphatic carbocycles. The first-order chi connectivity index (χ1) is 20.9. The van der Waals surface area contributed by atoms with E-state index in [1.165, 1.54) is 6.07 Å². The first-order valence-electron chi connectivity index (χ1n) is 14.9. The van der Waals surface area contributed by atoms with Crippen molar-refractivity contribution in [1.82, 2.24) is 0 Å². The summed E-state index contributed by atoms with van der Waals surface area (Å²) in [5.74, 6) is 1.38. The van der Waals surface area contributed by atoms with Crippen molar-refractivity contribution in [2.45, 2.75) is 56.5 Å². The number of rotatable bonds is 7. The molecule has 0 saturated carbocycles. The van der Waals surface area contributed by atoms with Gasteiger partial charge < -0.3 is 4.74 Å². The SMILES string of the molecule is C=CC[C@@]1(C)CC(c2cccc(Cl)c2-c2ccc3c(S(=O)(=O)O)cccc3c2)C(c2ccc(Cl)cc2)[N+]2=C1OCC2C(C)C. The second-order valence-electron chi connectivity index (χ2n) is 12.6. The zero-order valence-corrected chi connectivity index (χ0v) is 27.3. The predicted octanol–water partition coefficient (Wildman–Crippen LogP) is 9.34. The number of hydrogen-bond acceptors (Lipinski definition) is 3. The van der Waals surface area contributed by atoms with Crippen LogP contribution in [0.3, 0.4) is 0 Å². The molecule has 0 amide bonds. The van der Waals surface area contributed by atoms with E-state index < -0.39 is 10.1 Å². The normalized spacial score (nSPS) is 23.6. The van der Waals surface area contributed by atoms with E-state index in [2.05, 4.69) is 50.1 Å². The van der Waals surface area contributed by atoms with Crippen molar-refractivity contribution in [1.29, 1.82) is 0 Å². The fourth-order valence-electron chi connectivity index (χ4n) is 7.29. The Kier molecular flexibility index (Phi) is 8.16. The Hall–Kier alpha value is -3.16. The number of fused-ring (bicyclic) bond motifs is 1. The summed E-state index contributed by atoms with van der Waals surface area (Å²) in [6.07, 6.45) is 3.54. The van der Waals surface area contributed by atoms with Crippen molar-refractivity contribution in [2.75, 3.05) is 6.61 Å². The molecular formula is C36H36Cl2NO4S+. The van der Waals surface area contributed by atoms with Crippen LogP contribution in [0.4, 0.5) is 0 Å². The molecule has 2 aliphatic rings. The van der Waals surface area contributed by atoms with Gasteiger partial charge in [-0.1, -0.05) is 91.7 Å². The minimum absolute atomic E-state index is 0.0152. The monoisotopic (exact) mass is 648 g/mol. The van der Waals surface area contributed by atoms with Gasteiger partial charge in [-0.05, 0) is 66.6 Å². The lowest BCUT2D eigenvalue weighted by Gasteiger charge is -2.39. The first kappa shape index (κ1) is 30.8. The highest BCUT2D eigenvalue weighted by atomic mass is 35.5. The van der Waals surface area contributed by atoms with Crippen LogP contribution in [-0.2, 0) is 14.9 Å². The highest BCUT2D eigenvalue weighted by molar-refractivity contribution is 7.86. The smallest absolute Gasteiger partial charge is 0.343 e. The fraction of sp³-hybridized carbons (Fsp3) is 0.306. The molecule has 0 spiro atoms. The van der Waals surface area contributed by atoms with Gasteiger partial charge in [-0.2, -0.15) is 13.0 Å². The Balaban J connectivity index is 1.60. The quantitative estimate of drug-likeness (QED) is 0.123. The van der Waals surface area contributed by atoms with Crippen LogP contribution in [-0.4, -0.2) is 36.1 Å². The minimum atomic E-state index is -4.38. The van der Waals surface area contributed by atoms with Crippen LogP contribution in [0.1, 0.15) is 56.7 Å². The first-order valence-corrected chi connectivity index (χ1v) is 17.1. The van der Waals surface area contributed by atoms with Gasteiger partial charge in [0.15, 0.2) is 18.7 Å². The van der Waals surface area contributed by atoms with E-state index in [9.17, 15) is 13.0 Å². The van der Waals surface area contributed by atoms with Gasteiger partial charge in [0, 0.05) is 32.5 Å². The fourth-order valence-corrected chi connectivity index (χ4v) is 8.42. The maximum atomic E-state index is 12.1. The number of allylic oxidation sites excluding steroid dienone is 1. The van der Waals surface area contributed by atoms with Gasteiger partial charge in [0.25, 0.3) is 10.1 Å². The van der Waals surface area contributed by atoms with Crippen molar-refractivity contribution in [3.8, 4) is 11.1 Å². The molecule has 0 bridgehead atoms. The molecule has 0 fully saturated rings. The van der Waals surface area contributed by atoms with Crippen LogP contribution >= 0.6 is 23.2 Å². The molecule has 4 aromatic rings. The molecule has 1 N–H and O–H groups in total. The van der Waals surface area contributed by atoms with Crippen LogP contribution in [0.5, 0.6) is 0 Å². The van der Waals surface area contributed by atoms with Gasteiger partial charge in [-0.3, -0.25) is 4.55 Å². The third-order valence-electron chi connectivity index (χ3n) is 9.28. The van der Waals surface area contributed by atoms with Gasteiger partial charge in [0.2, 0.25) is 0 Å². The number of hydrogen-bond donors (Lipinski definition) is 1. The average Bonchev–Trinajstić information content (AvgIpc) is 3.43. The lowest BCUT2D eigenvalue weighted by Crippen LogP contribution is -2.46. The van der Waals surface area contributed by atoms with Crippen molar-refractivity contribution < 1.29 is 22.3 Å². The van der Waals surface area contributed by atoms with Crippen LogP contribution in [0.15, 0.2) is 96.4 Å². The maximum Gasteiger partial charge on any atom is 0.343 e. The van der Waals surface area contributed by atoms with Gasteiger partial charge in [-0.15, -0.1) is 6.58 Å². The Morgan fingerprint density at radius 1 is 1.07 bits per heavy atom. The number of ether oxygens (including phenoxy) is 1. The third-order valence-corrected chi connectivity index (χ3v) is 10.8. The van der Waals surface area contributed by atoms with Crippen LogP contribution in [0, 0.1) is 11.3 Å². The molecule has 2 heterocycles. The van der Waals surface area contributed by atoms with Gasteiger partial charge in [-0.25, -0.2) is 0 Å². The summed E-state index contributed by atoms with van der Waals surface area (Å²) in [4.78, 5) is -0.118. The Labute approximate surface area is 269 Å². The lowest BCUT2D eigenvalue weighted by atomic mass is 9.68. The van der Waals surface area contributed by atoms with Gasteiger partial charge in [0.05, 0.1) is 11.3 Å². The van der Waals surface area contributed by atoms with E-state index >= 15 is 0 Å². The van der Waals surface area contributed by atoms with Crippen molar-refractivity contribution >= 4 is 50.0 Å². The summed E-state index contributed by atoms with van der Waals surface area (Å²) < 4.78 is 43.1. The molecule has 0 saturated heterocycles. The van der Waals surface area contributed by atoms with Gasteiger partial charge >= 0.3 is 5.90 Å². The average molecular weight is 650 g/mol. The van der Waals surface area contributed by atoms with E-state index in [0.717, 1.165) is 41.0 Å².